The second-order valence-corrected chi connectivity index (χ2v) is 4.74. The molecule has 2 aromatic heterocycles. The van der Waals surface area contributed by atoms with E-state index in [1.54, 1.807) is 30.8 Å². The van der Waals surface area contributed by atoms with Gasteiger partial charge in [-0.3, -0.25) is 14.7 Å². The summed E-state index contributed by atoms with van der Waals surface area (Å²) in [6.45, 7) is 5.25. The summed E-state index contributed by atoms with van der Waals surface area (Å²) in [7, 11) is 0. The highest BCUT2D eigenvalue weighted by atomic mass is 16.6. The maximum absolute atomic E-state index is 11.4. The van der Waals surface area contributed by atoms with Crippen LogP contribution in [0.1, 0.15) is 31.2 Å². The van der Waals surface area contributed by atoms with E-state index in [-0.39, 0.29) is 23.8 Å². The Labute approximate surface area is 127 Å². The smallest absolute Gasteiger partial charge is 0.333 e. The maximum Gasteiger partial charge on any atom is 0.333 e. The van der Waals surface area contributed by atoms with Crippen LogP contribution in [0.4, 0.5) is 5.69 Å². The van der Waals surface area contributed by atoms with Crippen LogP contribution in [0, 0.1) is 17.0 Å². The summed E-state index contributed by atoms with van der Waals surface area (Å²) in [5.74, 6) is 1.21. The molecule has 22 heavy (non-hydrogen) atoms. The molecule has 0 radical (unpaired) electrons. The summed E-state index contributed by atoms with van der Waals surface area (Å²) in [6.07, 6.45) is 3.38. The maximum atomic E-state index is 11.4. The number of hydrogen-bond donors (Lipinski definition) is 1. The van der Waals surface area contributed by atoms with E-state index in [2.05, 4.69) is 15.0 Å². The summed E-state index contributed by atoms with van der Waals surface area (Å²) in [5.41, 5.74) is 5.66. The largest absolute Gasteiger partial charge is 0.356 e. The molecular formula is C13H18N6O3. The molecule has 9 nitrogen and oxygen atoms in total. The van der Waals surface area contributed by atoms with E-state index in [4.69, 9.17) is 10.5 Å². The minimum atomic E-state index is -0.486. The number of rotatable bonds is 6. The predicted molar refractivity (Wildman–Crippen MR) is 78.4 cm³/mol. The lowest BCUT2D eigenvalue weighted by Gasteiger charge is -2.11. The molecule has 0 fully saturated rings. The molecule has 0 aliphatic carbocycles. The van der Waals surface area contributed by atoms with Gasteiger partial charge in [-0.1, -0.05) is 6.92 Å². The molecule has 0 aliphatic rings. The molecule has 2 aromatic rings. The predicted octanol–water partition coefficient (Wildman–Crippen LogP) is 1.26. The van der Waals surface area contributed by atoms with Crippen LogP contribution in [-0.4, -0.2) is 30.7 Å². The molecule has 2 heterocycles. The van der Waals surface area contributed by atoms with Crippen molar-refractivity contribution in [2.24, 2.45) is 5.73 Å². The molecule has 0 saturated heterocycles. The summed E-state index contributed by atoms with van der Waals surface area (Å²) >= 11 is 0. The van der Waals surface area contributed by atoms with Gasteiger partial charge in [0.15, 0.2) is 5.82 Å². The molecule has 0 aromatic carbocycles. The first-order chi connectivity index (χ1) is 10.4. The van der Waals surface area contributed by atoms with Crippen LogP contribution >= 0.6 is 0 Å². The molecule has 9 heteroatoms. The fourth-order valence-corrected chi connectivity index (χ4v) is 2.05. The van der Waals surface area contributed by atoms with Crippen LogP contribution in [0.25, 0.3) is 5.82 Å². The number of hydrogen-bond acceptors (Lipinski definition) is 7. The molecular weight excluding hydrogens is 288 g/mol. The SMILES string of the molecule is CCc1nccn1-c1nc(COC(C)N)nc(C)c1[N+](=O)[O-]. The van der Waals surface area contributed by atoms with Gasteiger partial charge in [-0.2, -0.15) is 0 Å². The van der Waals surface area contributed by atoms with E-state index in [0.717, 1.165) is 0 Å². The number of aryl methyl sites for hydroxylation is 2. The van der Waals surface area contributed by atoms with Crippen molar-refractivity contribution in [3.63, 3.8) is 0 Å². The highest BCUT2D eigenvalue weighted by Crippen LogP contribution is 2.25. The Morgan fingerprint density at radius 3 is 2.82 bits per heavy atom. The van der Waals surface area contributed by atoms with Crippen LogP contribution in [0.15, 0.2) is 12.4 Å². The average molecular weight is 306 g/mol. The molecule has 0 saturated carbocycles. The number of imidazole rings is 1. The van der Waals surface area contributed by atoms with Crippen LogP contribution in [-0.2, 0) is 17.8 Å². The zero-order valence-corrected chi connectivity index (χ0v) is 12.7. The summed E-state index contributed by atoms with van der Waals surface area (Å²) in [5, 5.41) is 11.4. The van der Waals surface area contributed by atoms with Crippen molar-refractivity contribution in [1.82, 2.24) is 19.5 Å². The van der Waals surface area contributed by atoms with Gasteiger partial charge in [0, 0.05) is 18.8 Å². The van der Waals surface area contributed by atoms with Gasteiger partial charge >= 0.3 is 5.69 Å². The lowest BCUT2D eigenvalue weighted by atomic mass is 10.3. The Hall–Kier alpha value is -2.39. The molecule has 1 unspecified atom stereocenters. The third kappa shape index (κ3) is 3.26. The van der Waals surface area contributed by atoms with Crippen LogP contribution in [0.5, 0.6) is 0 Å². The number of nitrogens with two attached hydrogens (primary N) is 1. The minimum absolute atomic E-state index is 0.0830. The van der Waals surface area contributed by atoms with Crippen molar-refractivity contribution >= 4 is 5.69 Å². The quantitative estimate of drug-likeness (QED) is 0.484. The first-order valence-electron chi connectivity index (χ1n) is 6.85. The molecule has 2 rings (SSSR count). The van der Waals surface area contributed by atoms with Gasteiger partial charge in [-0.25, -0.2) is 15.0 Å². The molecule has 0 bridgehead atoms. The van der Waals surface area contributed by atoms with Crippen molar-refractivity contribution in [1.29, 1.82) is 0 Å². The molecule has 0 amide bonds. The Balaban J connectivity index is 2.55. The number of ether oxygens (including phenoxy) is 1. The minimum Gasteiger partial charge on any atom is -0.356 e. The fraction of sp³-hybridized carbons (Fsp3) is 0.462. The first kappa shape index (κ1) is 16.0. The lowest BCUT2D eigenvalue weighted by molar-refractivity contribution is -0.385. The van der Waals surface area contributed by atoms with E-state index in [1.165, 1.54) is 0 Å². The second kappa shape index (κ2) is 6.58. The van der Waals surface area contributed by atoms with Gasteiger partial charge in [0.25, 0.3) is 0 Å². The molecule has 2 N–H and O–H groups in total. The normalized spacial score (nSPS) is 12.4. The van der Waals surface area contributed by atoms with Crippen LogP contribution in [0.2, 0.25) is 0 Å². The lowest BCUT2D eigenvalue weighted by Crippen LogP contribution is -2.20. The number of nitrogens with zero attached hydrogens (tertiary/aromatic N) is 5. The molecule has 1 atom stereocenters. The third-order valence-corrected chi connectivity index (χ3v) is 3.01. The van der Waals surface area contributed by atoms with E-state index in [1.807, 2.05) is 6.92 Å². The van der Waals surface area contributed by atoms with Crippen LogP contribution < -0.4 is 5.73 Å². The Kier molecular flexibility index (Phi) is 4.78. The monoisotopic (exact) mass is 306 g/mol. The summed E-state index contributed by atoms with van der Waals surface area (Å²) in [6, 6.07) is 0. The molecule has 0 aliphatic heterocycles. The Bertz CT molecular complexity index is 682. The van der Waals surface area contributed by atoms with Gasteiger partial charge in [0.05, 0.1) is 4.92 Å². The van der Waals surface area contributed by atoms with Crippen LogP contribution in [0.3, 0.4) is 0 Å². The summed E-state index contributed by atoms with van der Waals surface area (Å²) in [4.78, 5) is 23.4. The Morgan fingerprint density at radius 1 is 1.50 bits per heavy atom. The fourth-order valence-electron chi connectivity index (χ4n) is 2.05. The number of aromatic nitrogens is 4. The second-order valence-electron chi connectivity index (χ2n) is 4.74. The van der Waals surface area contributed by atoms with Gasteiger partial charge in [-0.15, -0.1) is 0 Å². The highest BCUT2D eigenvalue weighted by Gasteiger charge is 2.24. The molecule has 0 spiro atoms. The third-order valence-electron chi connectivity index (χ3n) is 3.01. The van der Waals surface area contributed by atoms with Crippen molar-refractivity contribution in [2.45, 2.75) is 40.0 Å². The molecule has 118 valence electrons. The van der Waals surface area contributed by atoms with Crippen molar-refractivity contribution in [3.05, 3.63) is 39.9 Å². The first-order valence-corrected chi connectivity index (χ1v) is 6.85. The van der Waals surface area contributed by atoms with E-state index >= 15 is 0 Å². The van der Waals surface area contributed by atoms with Crippen molar-refractivity contribution < 1.29 is 9.66 Å². The Morgan fingerprint density at radius 2 is 2.23 bits per heavy atom. The van der Waals surface area contributed by atoms with Crippen molar-refractivity contribution in [2.75, 3.05) is 0 Å². The standard InChI is InChI=1S/C13H18N6O3/c1-4-11-15-5-6-18(11)13-12(19(20)21)8(2)16-10(17-13)7-22-9(3)14/h5-6,9H,4,7,14H2,1-3H3. The van der Waals surface area contributed by atoms with E-state index in [0.29, 0.717) is 18.1 Å². The average Bonchev–Trinajstić information content (AvgIpc) is 2.92. The topological polar surface area (TPSA) is 122 Å². The van der Waals surface area contributed by atoms with Gasteiger partial charge < -0.3 is 10.5 Å². The zero-order chi connectivity index (χ0) is 16.3. The highest BCUT2D eigenvalue weighted by molar-refractivity contribution is 5.50. The number of nitro groups is 1. The van der Waals surface area contributed by atoms with Gasteiger partial charge in [-0.05, 0) is 13.8 Å². The summed E-state index contributed by atoms with van der Waals surface area (Å²) < 4.78 is 6.87. The zero-order valence-electron chi connectivity index (χ0n) is 12.7. The van der Waals surface area contributed by atoms with E-state index in [9.17, 15) is 10.1 Å². The van der Waals surface area contributed by atoms with E-state index < -0.39 is 11.2 Å². The van der Waals surface area contributed by atoms with Gasteiger partial charge in [0.2, 0.25) is 5.82 Å². The van der Waals surface area contributed by atoms with Gasteiger partial charge in [0.1, 0.15) is 24.4 Å². The van der Waals surface area contributed by atoms with Crippen molar-refractivity contribution in [3.8, 4) is 5.82 Å².